The molecule has 0 fully saturated rings. The Morgan fingerprint density at radius 1 is 1.26 bits per heavy atom. The lowest BCUT2D eigenvalue weighted by molar-refractivity contribution is 0.583. The van der Waals surface area contributed by atoms with Crippen LogP contribution in [-0.2, 0) is 16.6 Å². The van der Waals surface area contributed by atoms with E-state index in [2.05, 4.69) is 28.1 Å². The molecule has 0 unspecified atom stereocenters. The van der Waals surface area contributed by atoms with Crippen molar-refractivity contribution in [2.75, 3.05) is 0 Å². The summed E-state index contributed by atoms with van der Waals surface area (Å²) in [4.78, 5) is 5.37. The maximum absolute atomic E-state index is 12.3. The number of hydrogen-bond acceptors (Lipinski definition) is 4. The van der Waals surface area contributed by atoms with Gasteiger partial charge in [0.2, 0.25) is 10.0 Å². The number of nitrogens with zero attached hydrogens (tertiary/aromatic N) is 2. The first-order chi connectivity index (χ1) is 10.9. The molecule has 0 aliphatic carbocycles. The molecule has 1 aromatic carbocycles. The lowest BCUT2D eigenvalue weighted by Gasteiger charge is -2.08. The van der Waals surface area contributed by atoms with Gasteiger partial charge in [-0.25, -0.2) is 18.1 Å². The molecule has 2 heterocycles. The van der Waals surface area contributed by atoms with Gasteiger partial charge in [-0.2, -0.15) is 0 Å². The Labute approximate surface area is 140 Å². The molecular weight excluding hydrogens is 330 g/mol. The van der Waals surface area contributed by atoms with Crippen LogP contribution in [0, 0.1) is 6.92 Å². The number of fused-ring (bicyclic) bond motifs is 1. The van der Waals surface area contributed by atoms with E-state index in [4.69, 9.17) is 0 Å². The van der Waals surface area contributed by atoms with Crippen LogP contribution in [0.3, 0.4) is 0 Å². The van der Waals surface area contributed by atoms with Crippen molar-refractivity contribution in [3.8, 4) is 0 Å². The van der Waals surface area contributed by atoms with Crippen LogP contribution in [-0.4, -0.2) is 18.0 Å². The SMILES string of the molecule is Cc1ccc(S(=O)(=O)NCc2ccc3c(c2)ncn3C(C)C)s1. The maximum atomic E-state index is 12.3. The molecule has 0 aliphatic rings. The Hall–Kier alpha value is -1.70. The molecule has 0 saturated heterocycles. The largest absolute Gasteiger partial charge is 0.328 e. The highest BCUT2D eigenvalue weighted by atomic mass is 32.2. The third-order valence-electron chi connectivity index (χ3n) is 3.64. The first kappa shape index (κ1) is 16.2. The van der Waals surface area contributed by atoms with Gasteiger partial charge in [-0.3, -0.25) is 0 Å². The van der Waals surface area contributed by atoms with Gasteiger partial charge in [0.25, 0.3) is 0 Å². The summed E-state index contributed by atoms with van der Waals surface area (Å²) >= 11 is 1.27. The molecular formula is C16H19N3O2S2. The number of thiophene rings is 1. The van der Waals surface area contributed by atoms with Crippen LogP contribution in [0.4, 0.5) is 0 Å². The molecule has 3 rings (SSSR count). The van der Waals surface area contributed by atoms with Crippen molar-refractivity contribution in [3.05, 3.63) is 47.1 Å². The predicted octanol–water partition coefficient (Wildman–Crippen LogP) is 3.47. The van der Waals surface area contributed by atoms with Crippen molar-refractivity contribution in [2.45, 2.75) is 37.6 Å². The monoisotopic (exact) mass is 349 g/mol. The Balaban J connectivity index is 1.79. The van der Waals surface area contributed by atoms with E-state index < -0.39 is 10.0 Å². The van der Waals surface area contributed by atoms with E-state index in [1.54, 1.807) is 6.07 Å². The highest BCUT2D eigenvalue weighted by molar-refractivity contribution is 7.91. The molecule has 0 aliphatic heterocycles. The van der Waals surface area contributed by atoms with Crippen molar-refractivity contribution in [1.29, 1.82) is 0 Å². The van der Waals surface area contributed by atoms with Crippen LogP contribution in [0.1, 0.15) is 30.3 Å². The van der Waals surface area contributed by atoms with Gasteiger partial charge in [0, 0.05) is 17.5 Å². The minimum absolute atomic E-state index is 0.254. The second kappa shape index (κ2) is 6.07. The predicted molar refractivity (Wildman–Crippen MR) is 93.2 cm³/mol. The van der Waals surface area contributed by atoms with Crippen LogP contribution >= 0.6 is 11.3 Å². The van der Waals surface area contributed by atoms with E-state index in [0.717, 1.165) is 21.5 Å². The van der Waals surface area contributed by atoms with Crippen molar-refractivity contribution in [1.82, 2.24) is 14.3 Å². The van der Waals surface area contributed by atoms with Gasteiger partial charge in [-0.1, -0.05) is 6.07 Å². The van der Waals surface area contributed by atoms with E-state index in [1.165, 1.54) is 11.3 Å². The minimum atomic E-state index is -3.46. The summed E-state index contributed by atoms with van der Waals surface area (Å²) in [5.41, 5.74) is 2.83. The van der Waals surface area contributed by atoms with Gasteiger partial charge in [-0.05, 0) is 50.6 Å². The van der Waals surface area contributed by atoms with Crippen molar-refractivity contribution >= 4 is 32.4 Å². The number of aryl methyl sites for hydroxylation is 1. The molecule has 0 bridgehead atoms. The summed E-state index contributed by atoms with van der Waals surface area (Å²) in [6, 6.07) is 9.63. The zero-order valence-corrected chi connectivity index (χ0v) is 14.9. The van der Waals surface area contributed by atoms with Crippen LogP contribution in [0.15, 0.2) is 40.9 Å². The molecule has 0 atom stereocenters. The molecule has 0 saturated carbocycles. The number of imidazole rings is 1. The second-order valence-corrected chi connectivity index (χ2v) is 9.04. The maximum Gasteiger partial charge on any atom is 0.250 e. The summed E-state index contributed by atoms with van der Waals surface area (Å²) in [6.45, 7) is 6.35. The summed E-state index contributed by atoms with van der Waals surface area (Å²) in [5, 5.41) is 0. The molecule has 2 aromatic heterocycles. The molecule has 0 amide bonds. The second-order valence-electron chi connectivity index (χ2n) is 5.76. The highest BCUT2D eigenvalue weighted by Gasteiger charge is 2.16. The fraction of sp³-hybridized carbons (Fsp3) is 0.312. The fourth-order valence-electron chi connectivity index (χ4n) is 2.40. The van der Waals surface area contributed by atoms with Crippen LogP contribution in [0.25, 0.3) is 11.0 Å². The van der Waals surface area contributed by atoms with Gasteiger partial charge < -0.3 is 4.57 Å². The standard InChI is InChI=1S/C16H19N3O2S2/c1-11(2)19-10-17-14-8-13(5-6-15(14)19)9-18-23(20,21)16-7-4-12(3)22-16/h4-8,10-11,18H,9H2,1-3H3. The first-order valence-corrected chi connectivity index (χ1v) is 9.68. The average molecular weight is 349 g/mol. The topological polar surface area (TPSA) is 64.0 Å². The molecule has 23 heavy (non-hydrogen) atoms. The number of nitrogens with one attached hydrogen (secondary N) is 1. The molecule has 1 N–H and O–H groups in total. The number of benzene rings is 1. The summed E-state index contributed by atoms with van der Waals surface area (Å²) in [7, 11) is -3.46. The zero-order chi connectivity index (χ0) is 16.6. The summed E-state index contributed by atoms with van der Waals surface area (Å²) in [6.07, 6.45) is 1.82. The van der Waals surface area contributed by atoms with Gasteiger partial charge in [0.15, 0.2) is 0 Å². The van der Waals surface area contributed by atoms with Crippen molar-refractivity contribution < 1.29 is 8.42 Å². The zero-order valence-electron chi connectivity index (χ0n) is 13.3. The highest BCUT2D eigenvalue weighted by Crippen LogP contribution is 2.22. The van der Waals surface area contributed by atoms with Crippen LogP contribution in [0.5, 0.6) is 0 Å². The van der Waals surface area contributed by atoms with Crippen LogP contribution in [0.2, 0.25) is 0 Å². The smallest absolute Gasteiger partial charge is 0.250 e. The summed E-state index contributed by atoms with van der Waals surface area (Å²) in [5.74, 6) is 0. The quantitative estimate of drug-likeness (QED) is 0.767. The summed E-state index contributed by atoms with van der Waals surface area (Å²) < 4.78 is 29.6. The van der Waals surface area contributed by atoms with Gasteiger partial charge in [0.1, 0.15) is 4.21 Å². The third kappa shape index (κ3) is 3.31. The third-order valence-corrected chi connectivity index (χ3v) is 6.54. The molecule has 7 heteroatoms. The lowest BCUT2D eigenvalue weighted by Crippen LogP contribution is -2.22. The first-order valence-electron chi connectivity index (χ1n) is 7.38. The Morgan fingerprint density at radius 3 is 2.70 bits per heavy atom. The van der Waals surface area contributed by atoms with E-state index in [0.29, 0.717) is 10.3 Å². The molecule has 5 nitrogen and oxygen atoms in total. The lowest BCUT2D eigenvalue weighted by atomic mass is 10.2. The normalized spacial score (nSPS) is 12.3. The number of rotatable bonds is 5. The van der Waals surface area contributed by atoms with E-state index in [9.17, 15) is 8.42 Å². The molecule has 3 aromatic rings. The minimum Gasteiger partial charge on any atom is -0.328 e. The molecule has 0 spiro atoms. The Kier molecular flexibility index (Phi) is 4.27. The van der Waals surface area contributed by atoms with Gasteiger partial charge >= 0.3 is 0 Å². The van der Waals surface area contributed by atoms with E-state index >= 15 is 0 Å². The van der Waals surface area contributed by atoms with Gasteiger partial charge in [0.05, 0.1) is 17.4 Å². The average Bonchev–Trinajstić information content (AvgIpc) is 3.11. The van der Waals surface area contributed by atoms with E-state index in [-0.39, 0.29) is 6.54 Å². The number of sulfonamides is 1. The number of aromatic nitrogens is 2. The van der Waals surface area contributed by atoms with Gasteiger partial charge in [-0.15, -0.1) is 11.3 Å². The molecule has 122 valence electrons. The van der Waals surface area contributed by atoms with E-state index in [1.807, 2.05) is 37.5 Å². The molecule has 0 radical (unpaired) electrons. The Morgan fingerprint density at radius 2 is 2.04 bits per heavy atom. The number of hydrogen-bond donors (Lipinski definition) is 1. The van der Waals surface area contributed by atoms with Crippen molar-refractivity contribution in [2.24, 2.45) is 0 Å². The fourth-order valence-corrected chi connectivity index (χ4v) is 4.75. The Bertz CT molecular complexity index is 939. The van der Waals surface area contributed by atoms with Crippen LogP contribution < -0.4 is 4.72 Å². The van der Waals surface area contributed by atoms with Crippen molar-refractivity contribution in [3.63, 3.8) is 0 Å².